The summed E-state index contributed by atoms with van der Waals surface area (Å²) in [7, 11) is 0. The molecule has 1 aliphatic heterocycles. The van der Waals surface area contributed by atoms with E-state index in [4.69, 9.17) is 4.74 Å². The lowest BCUT2D eigenvalue weighted by molar-refractivity contribution is -0.908. The number of hydrogen-bond acceptors (Lipinski definition) is 4. The Hall–Kier alpha value is -2.32. The van der Waals surface area contributed by atoms with Gasteiger partial charge in [-0.25, -0.2) is 9.82 Å². The average Bonchev–Trinajstić information content (AvgIpc) is 2.61. The van der Waals surface area contributed by atoms with E-state index in [1.807, 2.05) is 0 Å². The number of carbonyl (C=O) groups is 2. The Morgan fingerprint density at radius 3 is 2.62 bits per heavy atom. The molecule has 2 amide bonds. The second kappa shape index (κ2) is 9.74. The van der Waals surface area contributed by atoms with Gasteiger partial charge in [-0.2, -0.15) is 5.10 Å². The molecule has 2 rings (SSSR count). The van der Waals surface area contributed by atoms with Crippen molar-refractivity contribution in [2.24, 2.45) is 5.10 Å². The first-order chi connectivity index (χ1) is 11.6. The van der Waals surface area contributed by atoms with Gasteiger partial charge < -0.3 is 15.0 Å². The fraction of sp³-hybridized carbons (Fsp3) is 0.438. The van der Waals surface area contributed by atoms with Gasteiger partial charge in [-0.15, -0.1) is 0 Å². The Kier molecular flexibility index (Phi) is 7.31. The van der Waals surface area contributed by atoms with Gasteiger partial charge in [-0.1, -0.05) is 12.1 Å². The Bertz CT molecular complexity index is 571. The maximum Gasteiger partial charge on any atom is 0.329 e. The van der Waals surface area contributed by atoms with Crippen LogP contribution in [0, 0.1) is 5.82 Å². The number of amides is 2. The van der Waals surface area contributed by atoms with Gasteiger partial charge in [0.15, 0.2) is 0 Å². The zero-order valence-electron chi connectivity index (χ0n) is 13.4. The van der Waals surface area contributed by atoms with Crippen LogP contribution in [0.3, 0.4) is 0 Å². The molecule has 24 heavy (non-hydrogen) atoms. The van der Waals surface area contributed by atoms with Crippen molar-refractivity contribution < 1.29 is 23.6 Å². The number of carbonyl (C=O) groups excluding carboxylic acids is 2. The molecular formula is C16H22FN4O3+. The smallest absolute Gasteiger partial charge is 0.329 e. The average molecular weight is 337 g/mol. The van der Waals surface area contributed by atoms with E-state index in [1.54, 1.807) is 0 Å². The lowest BCUT2D eigenvalue weighted by Gasteiger charge is -2.23. The Balaban J connectivity index is 1.61. The van der Waals surface area contributed by atoms with Crippen molar-refractivity contribution in [3.8, 4) is 0 Å². The van der Waals surface area contributed by atoms with E-state index in [1.165, 1.54) is 35.4 Å². The normalized spacial score (nSPS) is 15.4. The second-order valence-corrected chi connectivity index (χ2v) is 5.47. The zero-order chi connectivity index (χ0) is 17.2. The number of hydrogen-bond donors (Lipinski definition) is 3. The molecule has 0 aromatic heterocycles. The lowest BCUT2D eigenvalue weighted by atomic mass is 10.2. The summed E-state index contributed by atoms with van der Waals surface area (Å²) in [6.45, 7) is 4.89. The van der Waals surface area contributed by atoms with E-state index < -0.39 is 11.8 Å². The van der Waals surface area contributed by atoms with Crippen LogP contribution < -0.4 is 15.6 Å². The molecule has 7 nitrogen and oxygen atoms in total. The van der Waals surface area contributed by atoms with Crippen molar-refractivity contribution in [3.63, 3.8) is 0 Å². The molecule has 1 aromatic carbocycles. The van der Waals surface area contributed by atoms with Gasteiger partial charge in [-0.05, 0) is 17.7 Å². The molecule has 0 radical (unpaired) electrons. The van der Waals surface area contributed by atoms with E-state index in [-0.39, 0.29) is 5.82 Å². The molecule has 0 unspecified atom stereocenters. The lowest BCUT2D eigenvalue weighted by Crippen LogP contribution is -3.14. The molecule has 1 saturated heterocycles. The summed E-state index contributed by atoms with van der Waals surface area (Å²) in [5, 5.41) is 6.23. The standard InChI is InChI=1S/C16H21FN4O3/c17-14-4-2-13(3-5-14)12-19-20-16(23)15(22)18-6-1-7-21-8-10-24-11-9-21/h2-5,12H,1,6-11H2,(H,18,22)(H,20,23)/p+1/b19-12-. The molecule has 1 aromatic rings. The number of nitrogens with one attached hydrogen (secondary N) is 3. The van der Waals surface area contributed by atoms with Gasteiger partial charge in [0.2, 0.25) is 0 Å². The van der Waals surface area contributed by atoms with Crippen LogP contribution in [-0.2, 0) is 14.3 Å². The number of ether oxygens (including phenoxy) is 1. The van der Waals surface area contributed by atoms with E-state index in [9.17, 15) is 14.0 Å². The summed E-state index contributed by atoms with van der Waals surface area (Å²) in [6, 6.07) is 5.59. The predicted molar refractivity (Wildman–Crippen MR) is 86.1 cm³/mol. The number of rotatable bonds is 6. The predicted octanol–water partition coefficient (Wildman–Crippen LogP) is -1.30. The van der Waals surface area contributed by atoms with Gasteiger partial charge in [0.1, 0.15) is 18.9 Å². The first kappa shape index (κ1) is 18.0. The van der Waals surface area contributed by atoms with Crippen molar-refractivity contribution in [2.45, 2.75) is 6.42 Å². The topological polar surface area (TPSA) is 84.2 Å². The molecule has 0 bridgehead atoms. The van der Waals surface area contributed by atoms with Crippen molar-refractivity contribution in [1.29, 1.82) is 0 Å². The minimum atomic E-state index is -0.827. The van der Waals surface area contributed by atoms with Crippen molar-refractivity contribution in [1.82, 2.24) is 10.7 Å². The van der Waals surface area contributed by atoms with Gasteiger partial charge in [-0.3, -0.25) is 9.59 Å². The third kappa shape index (κ3) is 6.43. The van der Waals surface area contributed by atoms with Gasteiger partial charge in [0.05, 0.1) is 26.0 Å². The Morgan fingerprint density at radius 1 is 1.21 bits per heavy atom. The molecule has 1 aliphatic rings. The molecule has 1 fully saturated rings. The largest absolute Gasteiger partial charge is 0.370 e. The van der Waals surface area contributed by atoms with Crippen LogP contribution in [0.5, 0.6) is 0 Å². The van der Waals surface area contributed by atoms with E-state index in [2.05, 4.69) is 15.8 Å². The molecule has 0 atom stereocenters. The summed E-state index contributed by atoms with van der Waals surface area (Å²) in [4.78, 5) is 24.6. The van der Waals surface area contributed by atoms with Crippen LogP contribution in [0.1, 0.15) is 12.0 Å². The van der Waals surface area contributed by atoms with Crippen LogP contribution in [0.2, 0.25) is 0 Å². The zero-order valence-corrected chi connectivity index (χ0v) is 13.4. The molecular weight excluding hydrogens is 315 g/mol. The Morgan fingerprint density at radius 2 is 1.92 bits per heavy atom. The summed E-state index contributed by atoms with van der Waals surface area (Å²) in [5.74, 6) is -1.90. The van der Waals surface area contributed by atoms with Crippen LogP contribution in [0.25, 0.3) is 0 Å². The second-order valence-electron chi connectivity index (χ2n) is 5.47. The van der Waals surface area contributed by atoms with E-state index >= 15 is 0 Å². The number of nitrogens with zero attached hydrogens (tertiary/aromatic N) is 1. The minimum absolute atomic E-state index is 0.352. The monoisotopic (exact) mass is 337 g/mol. The van der Waals surface area contributed by atoms with Crippen molar-refractivity contribution in [2.75, 3.05) is 39.4 Å². The Labute approximate surface area is 139 Å². The number of benzene rings is 1. The SMILES string of the molecule is O=C(NCCC[NH+]1CCOCC1)C(=O)N/N=C\c1ccc(F)cc1. The highest BCUT2D eigenvalue weighted by Crippen LogP contribution is 1.99. The fourth-order valence-corrected chi connectivity index (χ4v) is 2.30. The quantitative estimate of drug-likeness (QED) is 0.261. The van der Waals surface area contributed by atoms with Gasteiger partial charge in [0.25, 0.3) is 0 Å². The summed E-state index contributed by atoms with van der Waals surface area (Å²) >= 11 is 0. The highest BCUT2D eigenvalue weighted by Gasteiger charge is 2.14. The first-order valence-electron chi connectivity index (χ1n) is 7.93. The summed E-state index contributed by atoms with van der Waals surface area (Å²) < 4.78 is 18.0. The van der Waals surface area contributed by atoms with Crippen LogP contribution in [0.4, 0.5) is 4.39 Å². The number of hydrazone groups is 1. The number of morpholine rings is 1. The van der Waals surface area contributed by atoms with Gasteiger partial charge in [0, 0.05) is 13.0 Å². The van der Waals surface area contributed by atoms with Crippen LogP contribution >= 0.6 is 0 Å². The third-order valence-corrected chi connectivity index (χ3v) is 3.65. The van der Waals surface area contributed by atoms with Crippen LogP contribution in [-0.4, -0.2) is 57.4 Å². The molecule has 3 N–H and O–H groups in total. The molecule has 130 valence electrons. The third-order valence-electron chi connectivity index (χ3n) is 3.65. The van der Waals surface area contributed by atoms with Crippen molar-refractivity contribution in [3.05, 3.63) is 35.6 Å². The maximum atomic E-state index is 12.7. The van der Waals surface area contributed by atoms with E-state index in [0.717, 1.165) is 39.3 Å². The molecule has 0 aliphatic carbocycles. The summed E-state index contributed by atoms with van der Waals surface area (Å²) in [5.41, 5.74) is 2.76. The molecule has 0 saturated carbocycles. The van der Waals surface area contributed by atoms with Crippen molar-refractivity contribution >= 4 is 18.0 Å². The van der Waals surface area contributed by atoms with Crippen LogP contribution in [0.15, 0.2) is 29.4 Å². The summed E-state index contributed by atoms with van der Waals surface area (Å²) in [6.07, 6.45) is 2.14. The maximum absolute atomic E-state index is 12.7. The van der Waals surface area contributed by atoms with Gasteiger partial charge >= 0.3 is 11.8 Å². The molecule has 0 spiro atoms. The first-order valence-corrected chi connectivity index (χ1v) is 7.93. The highest BCUT2D eigenvalue weighted by atomic mass is 19.1. The molecule has 1 heterocycles. The van der Waals surface area contributed by atoms with E-state index in [0.29, 0.717) is 12.1 Å². The minimum Gasteiger partial charge on any atom is -0.370 e. The number of quaternary nitrogens is 1. The molecule has 8 heteroatoms. The highest BCUT2D eigenvalue weighted by molar-refractivity contribution is 6.35. The fourth-order valence-electron chi connectivity index (χ4n) is 2.30. The number of halogens is 1.